The minimum absolute atomic E-state index is 0.226. The highest BCUT2D eigenvalue weighted by molar-refractivity contribution is 6.30. The predicted octanol–water partition coefficient (Wildman–Crippen LogP) is 3.10. The molecule has 0 radical (unpaired) electrons. The van der Waals surface area contributed by atoms with Crippen molar-refractivity contribution < 1.29 is 19.1 Å². The summed E-state index contributed by atoms with van der Waals surface area (Å²) in [4.78, 5) is 37.7. The monoisotopic (exact) mass is 630 g/mol. The van der Waals surface area contributed by atoms with Crippen LogP contribution in [0.5, 0.6) is 5.88 Å². The number of anilines is 1. The van der Waals surface area contributed by atoms with E-state index in [0.29, 0.717) is 50.4 Å². The molecule has 1 atom stereocenters. The predicted molar refractivity (Wildman–Crippen MR) is 164 cm³/mol. The SMILES string of the molecule is COC(=O)Nc1ccc(-c2cc(C(Cc3cc(OC)n(C)n3)NC(=O)C=Cc3cc(Cl)ccc3-n3cnnn3)n[nH]c2=O)cc1. The van der Waals surface area contributed by atoms with E-state index >= 15 is 0 Å². The van der Waals surface area contributed by atoms with E-state index in [9.17, 15) is 14.4 Å². The molecule has 0 spiro atoms. The number of carbonyl (C=O) groups is 2. The minimum Gasteiger partial charge on any atom is -0.481 e. The summed E-state index contributed by atoms with van der Waals surface area (Å²) in [5.41, 5.74) is 3.14. The lowest BCUT2D eigenvalue weighted by Crippen LogP contribution is -2.30. The average molecular weight is 631 g/mol. The number of hydrogen-bond acceptors (Lipinski definition) is 10. The first-order valence-electron chi connectivity index (χ1n) is 13.4. The molecule has 5 aromatic rings. The molecule has 0 fully saturated rings. The summed E-state index contributed by atoms with van der Waals surface area (Å²) >= 11 is 6.21. The molecule has 15 nitrogen and oxygen atoms in total. The highest BCUT2D eigenvalue weighted by Gasteiger charge is 2.21. The van der Waals surface area contributed by atoms with Gasteiger partial charge in [0.2, 0.25) is 11.8 Å². The average Bonchev–Trinajstić information content (AvgIpc) is 3.70. The van der Waals surface area contributed by atoms with Gasteiger partial charge >= 0.3 is 6.09 Å². The molecule has 16 heteroatoms. The number of halogens is 1. The Hall–Kier alpha value is -5.83. The molecular formula is C29H27ClN10O5. The molecule has 0 saturated heterocycles. The molecule has 2 aromatic carbocycles. The largest absolute Gasteiger partial charge is 0.481 e. The number of hydrogen-bond donors (Lipinski definition) is 3. The van der Waals surface area contributed by atoms with Crippen LogP contribution in [0.2, 0.25) is 5.02 Å². The Morgan fingerprint density at radius 2 is 1.91 bits per heavy atom. The van der Waals surface area contributed by atoms with Gasteiger partial charge < -0.3 is 14.8 Å². The fourth-order valence-corrected chi connectivity index (χ4v) is 4.66. The molecule has 2 amide bonds. The Labute approximate surface area is 260 Å². The second kappa shape index (κ2) is 13.6. The molecule has 0 saturated carbocycles. The van der Waals surface area contributed by atoms with Crippen molar-refractivity contribution in [1.82, 2.24) is 45.5 Å². The van der Waals surface area contributed by atoms with Crippen molar-refractivity contribution in [1.29, 1.82) is 0 Å². The van der Waals surface area contributed by atoms with Crippen LogP contribution >= 0.6 is 11.6 Å². The fraction of sp³-hybridized carbons (Fsp3) is 0.172. The van der Waals surface area contributed by atoms with Gasteiger partial charge in [-0.05, 0) is 58.5 Å². The quantitative estimate of drug-likeness (QED) is 0.194. The maximum absolute atomic E-state index is 13.3. The van der Waals surface area contributed by atoms with Gasteiger partial charge in [-0.2, -0.15) is 14.9 Å². The molecule has 3 aromatic heterocycles. The maximum atomic E-state index is 13.3. The van der Waals surface area contributed by atoms with Crippen molar-refractivity contribution in [3.05, 3.63) is 99.3 Å². The lowest BCUT2D eigenvalue weighted by molar-refractivity contribution is -0.117. The smallest absolute Gasteiger partial charge is 0.411 e. The zero-order valence-corrected chi connectivity index (χ0v) is 25.0. The van der Waals surface area contributed by atoms with E-state index in [4.69, 9.17) is 16.3 Å². The van der Waals surface area contributed by atoms with Crippen molar-refractivity contribution >= 4 is 35.4 Å². The summed E-state index contributed by atoms with van der Waals surface area (Å²) < 4.78 is 13.0. The highest BCUT2D eigenvalue weighted by atomic mass is 35.5. The number of aryl methyl sites for hydroxylation is 1. The zero-order chi connectivity index (χ0) is 31.9. The summed E-state index contributed by atoms with van der Waals surface area (Å²) in [6, 6.07) is 14.4. The summed E-state index contributed by atoms with van der Waals surface area (Å²) in [5, 5.41) is 28.5. The van der Waals surface area contributed by atoms with Crippen molar-refractivity contribution in [2.75, 3.05) is 19.5 Å². The van der Waals surface area contributed by atoms with Gasteiger partial charge in [0.25, 0.3) is 5.56 Å². The molecule has 230 valence electrons. The van der Waals surface area contributed by atoms with Crippen molar-refractivity contribution in [3.63, 3.8) is 0 Å². The van der Waals surface area contributed by atoms with Crippen LogP contribution < -0.4 is 20.9 Å². The van der Waals surface area contributed by atoms with Gasteiger partial charge in [-0.15, -0.1) is 5.10 Å². The highest BCUT2D eigenvalue weighted by Crippen LogP contribution is 2.24. The number of carbonyl (C=O) groups excluding carboxylic acids is 2. The van der Waals surface area contributed by atoms with Crippen LogP contribution in [-0.2, 0) is 23.0 Å². The van der Waals surface area contributed by atoms with Gasteiger partial charge in [0.1, 0.15) is 6.33 Å². The Morgan fingerprint density at radius 1 is 1.11 bits per heavy atom. The first kappa shape index (κ1) is 30.6. The third-order valence-electron chi connectivity index (χ3n) is 6.63. The van der Waals surface area contributed by atoms with Gasteiger partial charge in [-0.1, -0.05) is 23.7 Å². The zero-order valence-electron chi connectivity index (χ0n) is 24.3. The number of methoxy groups -OCH3 is 2. The first-order valence-corrected chi connectivity index (χ1v) is 13.7. The number of rotatable bonds is 10. The van der Waals surface area contributed by atoms with E-state index in [1.54, 1.807) is 72.4 Å². The van der Waals surface area contributed by atoms with E-state index < -0.39 is 23.6 Å². The van der Waals surface area contributed by atoms with Gasteiger partial charge in [-0.25, -0.2) is 14.6 Å². The molecule has 0 aliphatic rings. The third-order valence-corrected chi connectivity index (χ3v) is 6.87. The normalized spacial score (nSPS) is 11.7. The number of nitrogens with zero attached hydrogens (tertiary/aromatic N) is 7. The Kier molecular flexibility index (Phi) is 9.28. The van der Waals surface area contributed by atoms with Crippen LogP contribution in [0.15, 0.2) is 71.8 Å². The standard InChI is InChI=1S/C29H27ClN10O5/c1-39-27(44-2)14-21(36-39)13-23(33-26(41)11-6-18-12-19(30)7-10-25(18)40-16-31-37-38-40)24-15-22(28(42)35-34-24)17-4-8-20(9-5-17)32-29(43)45-3/h4-12,14-16,23H,13H2,1-3H3,(H,32,43)(H,33,41)(H,35,42). The number of ether oxygens (including phenoxy) is 2. The van der Waals surface area contributed by atoms with Crippen LogP contribution in [0.25, 0.3) is 22.9 Å². The van der Waals surface area contributed by atoms with Gasteiger partial charge in [-0.3, -0.25) is 14.9 Å². The van der Waals surface area contributed by atoms with E-state index in [0.717, 1.165) is 0 Å². The number of amides is 2. The number of tetrazole rings is 1. The summed E-state index contributed by atoms with van der Waals surface area (Å²) in [7, 11) is 4.53. The number of H-pyrrole nitrogens is 1. The van der Waals surface area contributed by atoms with Crippen molar-refractivity contribution in [3.8, 4) is 22.7 Å². The summed E-state index contributed by atoms with van der Waals surface area (Å²) in [6.07, 6.45) is 3.98. The van der Waals surface area contributed by atoms with E-state index in [2.05, 4.69) is 46.2 Å². The molecule has 0 aliphatic heterocycles. The molecule has 3 N–H and O–H groups in total. The van der Waals surface area contributed by atoms with Crippen LogP contribution in [0.3, 0.4) is 0 Å². The summed E-state index contributed by atoms with van der Waals surface area (Å²) in [6.45, 7) is 0. The second-order valence-electron chi connectivity index (χ2n) is 9.59. The van der Waals surface area contributed by atoms with E-state index in [1.807, 2.05) is 0 Å². The molecule has 45 heavy (non-hydrogen) atoms. The van der Waals surface area contributed by atoms with Crippen molar-refractivity contribution in [2.45, 2.75) is 12.5 Å². The number of nitrogens with one attached hydrogen (secondary N) is 3. The Morgan fingerprint density at radius 3 is 2.60 bits per heavy atom. The molecular weight excluding hydrogens is 604 g/mol. The third kappa shape index (κ3) is 7.40. The Balaban J connectivity index is 1.45. The number of aromatic nitrogens is 8. The topological polar surface area (TPSA) is 184 Å². The van der Waals surface area contributed by atoms with Gasteiger partial charge in [0.15, 0.2) is 0 Å². The number of aromatic amines is 1. The van der Waals surface area contributed by atoms with Crippen LogP contribution in [0, 0.1) is 0 Å². The lowest BCUT2D eigenvalue weighted by Gasteiger charge is -2.17. The van der Waals surface area contributed by atoms with Crippen LogP contribution in [0.4, 0.5) is 10.5 Å². The molecule has 1 unspecified atom stereocenters. The fourth-order valence-electron chi connectivity index (χ4n) is 4.48. The summed E-state index contributed by atoms with van der Waals surface area (Å²) in [5.74, 6) is 0.0835. The van der Waals surface area contributed by atoms with Gasteiger partial charge in [0, 0.05) is 41.9 Å². The molecule has 3 heterocycles. The minimum atomic E-state index is -0.712. The second-order valence-corrected chi connectivity index (χ2v) is 10.0. The van der Waals surface area contributed by atoms with Crippen molar-refractivity contribution in [2.24, 2.45) is 7.05 Å². The van der Waals surface area contributed by atoms with Gasteiger partial charge in [0.05, 0.1) is 42.9 Å². The first-order chi connectivity index (χ1) is 21.7. The van der Waals surface area contributed by atoms with E-state index in [-0.39, 0.29) is 6.42 Å². The number of benzene rings is 2. The Bertz CT molecular complexity index is 1900. The molecule has 0 bridgehead atoms. The van der Waals surface area contributed by atoms with E-state index in [1.165, 1.54) is 31.3 Å². The molecule has 5 rings (SSSR count). The molecule has 0 aliphatic carbocycles. The lowest BCUT2D eigenvalue weighted by atomic mass is 10.0. The maximum Gasteiger partial charge on any atom is 0.411 e. The van der Waals surface area contributed by atoms with Crippen LogP contribution in [0.1, 0.15) is 23.0 Å². The van der Waals surface area contributed by atoms with Crippen LogP contribution in [-0.4, -0.2) is 66.4 Å².